The molecule has 5 heteroatoms. The predicted octanol–water partition coefficient (Wildman–Crippen LogP) is 3.20. The van der Waals surface area contributed by atoms with Crippen LogP contribution in [0, 0.1) is 6.92 Å². The Labute approximate surface area is 146 Å². The van der Waals surface area contributed by atoms with E-state index in [2.05, 4.69) is 17.4 Å². The van der Waals surface area contributed by atoms with E-state index in [-0.39, 0.29) is 12.5 Å². The molecule has 1 amide bonds. The summed E-state index contributed by atoms with van der Waals surface area (Å²) in [4.78, 5) is 23.5. The van der Waals surface area contributed by atoms with Crippen LogP contribution in [0.2, 0.25) is 0 Å². The summed E-state index contributed by atoms with van der Waals surface area (Å²) >= 11 is 1.75. The Balaban J connectivity index is 1.58. The average molecular weight is 343 g/mol. The van der Waals surface area contributed by atoms with Gasteiger partial charge in [0.05, 0.1) is 5.56 Å². The predicted molar refractivity (Wildman–Crippen MR) is 97.1 cm³/mol. The number of benzene rings is 2. The van der Waals surface area contributed by atoms with Gasteiger partial charge in [-0.3, -0.25) is 4.79 Å². The first kappa shape index (κ1) is 18.1. The third kappa shape index (κ3) is 6.46. The Morgan fingerprint density at radius 3 is 2.46 bits per heavy atom. The van der Waals surface area contributed by atoms with Crippen molar-refractivity contribution in [2.45, 2.75) is 12.7 Å². The molecule has 126 valence electrons. The summed E-state index contributed by atoms with van der Waals surface area (Å²) < 4.78 is 5.00. The van der Waals surface area contributed by atoms with Gasteiger partial charge in [-0.15, -0.1) is 0 Å². The Hall–Kier alpha value is -2.27. The van der Waals surface area contributed by atoms with E-state index in [4.69, 9.17) is 4.74 Å². The summed E-state index contributed by atoms with van der Waals surface area (Å²) in [7, 11) is 0. The molecule has 0 saturated heterocycles. The lowest BCUT2D eigenvalue weighted by Gasteiger charge is -2.07. The zero-order chi connectivity index (χ0) is 17.2. The molecule has 0 bridgehead atoms. The number of thioether (sulfide) groups is 1. The fourth-order valence-corrected chi connectivity index (χ4v) is 2.80. The molecular formula is C19H21NO3S. The van der Waals surface area contributed by atoms with E-state index in [9.17, 15) is 9.59 Å². The maximum absolute atomic E-state index is 11.8. The molecule has 0 aliphatic carbocycles. The quantitative estimate of drug-likeness (QED) is 0.591. The highest BCUT2D eigenvalue weighted by atomic mass is 32.2. The summed E-state index contributed by atoms with van der Waals surface area (Å²) in [6, 6.07) is 17.2. The van der Waals surface area contributed by atoms with Gasteiger partial charge >= 0.3 is 5.97 Å². The van der Waals surface area contributed by atoms with Crippen LogP contribution in [0.3, 0.4) is 0 Å². The molecule has 4 nitrogen and oxygen atoms in total. The third-order valence-corrected chi connectivity index (χ3v) is 4.33. The average Bonchev–Trinajstić information content (AvgIpc) is 2.61. The first-order chi connectivity index (χ1) is 11.6. The SMILES string of the molecule is Cc1ccc(C(=O)OCC(=O)NCCSCc2ccccc2)cc1. The largest absolute Gasteiger partial charge is 0.452 e. The monoisotopic (exact) mass is 343 g/mol. The Kier molecular flexibility index (Phi) is 7.36. The highest BCUT2D eigenvalue weighted by Gasteiger charge is 2.09. The third-order valence-electron chi connectivity index (χ3n) is 3.30. The second-order valence-corrected chi connectivity index (χ2v) is 6.44. The lowest BCUT2D eigenvalue weighted by Crippen LogP contribution is -2.30. The highest BCUT2D eigenvalue weighted by molar-refractivity contribution is 7.98. The summed E-state index contributed by atoms with van der Waals surface area (Å²) in [6.45, 7) is 2.24. The van der Waals surface area contributed by atoms with Crippen LogP contribution in [0.25, 0.3) is 0 Å². The van der Waals surface area contributed by atoms with E-state index in [1.54, 1.807) is 23.9 Å². The number of carbonyl (C=O) groups excluding carboxylic acids is 2. The van der Waals surface area contributed by atoms with Crippen LogP contribution in [-0.4, -0.2) is 30.8 Å². The van der Waals surface area contributed by atoms with E-state index >= 15 is 0 Å². The van der Waals surface area contributed by atoms with E-state index < -0.39 is 5.97 Å². The van der Waals surface area contributed by atoms with Crippen molar-refractivity contribution in [1.82, 2.24) is 5.32 Å². The molecule has 0 radical (unpaired) electrons. The number of amides is 1. The van der Waals surface area contributed by atoms with Gasteiger partial charge in [0, 0.05) is 18.1 Å². The summed E-state index contributed by atoms with van der Waals surface area (Å²) in [5.74, 6) is 0.963. The van der Waals surface area contributed by atoms with Crippen LogP contribution in [-0.2, 0) is 15.3 Å². The van der Waals surface area contributed by atoms with Crippen molar-refractivity contribution in [3.8, 4) is 0 Å². The molecule has 0 saturated carbocycles. The van der Waals surface area contributed by atoms with Gasteiger partial charge in [-0.05, 0) is 24.6 Å². The normalized spacial score (nSPS) is 10.2. The van der Waals surface area contributed by atoms with Crippen LogP contribution in [0.15, 0.2) is 54.6 Å². The lowest BCUT2D eigenvalue weighted by atomic mass is 10.1. The van der Waals surface area contributed by atoms with Crippen LogP contribution in [0.5, 0.6) is 0 Å². The van der Waals surface area contributed by atoms with Gasteiger partial charge < -0.3 is 10.1 Å². The van der Waals surface area contributed by atoms with Crippen molar-refractivity contribution in [3.63, 3.8) is 0 Å². The zero-order valence-corrected chi connectivity index (χ0v) is 14.5. The van der Waals surface area contributed by atoms with Gasteiger partial charge in [-0.2, -0.15) is 11.8 Å². The van der Waals surface area contributed by atoms with Gasteiger partial charge in [0.2, 0.25) is 0 Å². The lowest BCUT2D eigenvalue weighted by molar-refractivity contribution is -0.124. The molecule has 1 N–H and O–H groups in total. The first-order valence-corrected chi connectivity index (χ1v) is 8.93. The molecule has 0 spiro atoms. The van der Waals surface area contributed by atoms with Crippen LogP contribution >= 0.6 is 11.8 Å². The van der Waals surface area contributed by atoms with Crippen molar-refractivity contribution in [3.05, 3.63) is 71.3 Å². The first-order valence-electron chi connectivity index (χ1n) is 7.77. The number of esters is 1. The van der Waals surface area contributed by atoms with Crippen molar-refractivity contribution < 1.29 is 14.3 Å². The van der Waals surface area contributed by atoms with Crippen molar-refractivity contribution in [2.75, 3.05) is 18.9 Å². The van der Waals surface area contributed by atoms with Crippen molar-refractivity contribution >= 4 is 23.6 Å². The second-order valence-electron chi connectivity index (χ2n) is 5.33. The maximum atomic E-state index is 11.8. The van der Waals surface area contributed by atoms with E-state index in [0.717, 1.165) is 17.1 Å². The van der Waals surface area contributed by atoms with Gasteiger partial charge in [0.1, 0.15) is 0 Å². The smallest absolute Gasteiger partial charge is 0.338 e. The molecule has 24 heavy (non-hydrogen) atoms. The molecule has 0 fully saturated rings. The van der Waals surface area contributed by atoms with Crippen LogP contribution in [0.1, 0.15) is 21.5 Å². The number of hydrogen-bond acceptors (Lipinski definition) is 4. The van der Waals surface area contributed by atoms with Gasteiger partial charge in [0.15, 0.2) is 6.61 Å². The molecule has 2 aromatic rings. The Morgan fingerprint density at radius 2 is 1.75 bits per heavy atom. The fourth-order valence-electron chi connectivity index (χ4n) is 1.98. The van der Waals surface area contributed by atoms with Gasteiger partial charge in [0.25, 0.3) is 5.91 Å². The summed E-state index contributed by atoms with van der Waals surface area (Å²) in [6.07, 6.45) is 0. The molecule has 0 unspecified atom stereocenters. The van der Waals surface area contributed by atoms with Crippen LogP contribution in [0.4, 0.5) is 0 Å². The molecular weight excluding hydrogens is 322 g/mol. The minimum Gasteiger partial charge on any atom is -0.452 e. The standard InChI is InChI=1S/C19H21NO3S/c1-15-7-9-17(10-8-15)19(22)23-13-18(21)20-11-12-24-14-16-5-3-2-4-6-16/h2-10H,11-14H2,1H3,(H,20,21). The van der Waals surface area contributed by atoms with E-state index in [1.807, 2.05) is 37.3 Å². The Morgan fingerprint density at radius 1 is 1.04 bits per heavy atom. The molecule has 2 rings (SSSR count). The number of nitrogens with one attached hydrogen (secondary N) is 1. The van der Waals surface area contributed by atoms with Gasteiger partial charge in [-0.1, -0.05) is 48.0 Å². The molecule has 0 heterocycles. The molecule has 0 aromatic heterocycles. The van der Waals surface area contributed by atoms with Gasteiger partial charge in [-0.25, -0.2) is 4.79 Å². The van der Waals surface area contributed by atoms with Crippen LogP contribution < -0.4 is 5.32 Å². The number of rotatable bonds is 8. The molecule has 0 aliphatic heterocycles. The molecule has 0 aliphatic rings. The zero-order valence-electron chi connectivity index (χ0n) is 13.7. The number of aryl methyl sites for hydroxylation is 1. The number of carbonyl (C=O) groups is 2. The Bertz CT molecular complexity index is 656. The van der Waals surface area contributed by atoms with E-state index in [1.165, 1.54) is 5.56 Å². The summed E-state index contributed by atoms with van der Waals surface area (Å²) in [5.41, 5.74) is 2.78. The van der Waals surface area contributed by atoms with Crippen molar-refractivity contribution in [2.24, 2.45) is 0 Å². The number of hydrogen-bond donors (Lipinski definition) is 1. The number of ether oxygens (including phenoxy) is 1. The topological polar surface area (TPSA) is 55.4 Å². The molecule has 2 aromatic carbocycles. The molecule has 0 atom stereocenters. The second kappa shape index (κ2) is 9.78. The highest BCUT2D eigenvalue weighted by Crippen LogP contribution is 2.10. The minimum atomic E-state index is -0.483. The minimum absolute atomic E-state index is 0.254. The maximum Gasteiger partial charge on any atom is 0.338 e. The van der Waals surface area contributed by atoms with Crippen molar-refractivity contribution in [1.29, 1.82) is 0 Å². The van der Waals surface area contributed by atoms with E-state index in [0.29, 0.717) is 12.1 Å². The summed E-state index contributed by atoms with van der Waals surface area (Å²) in [5, 5.41) is 2.75. The fraction of sp³-hybridized carbons (Fsp3) is 0.263.